The Kier molecular flexibility index (Phi) is 3.46. The number of hydrogen-bond donors (Lipinski definition) is 0. The first-order chi connectivity index (χ1) is 7.16. The second-order valence-corrected chi connectivity index (χ2v) is 6.52. The maximum Gasteiger partial charge on any atom is 0.171 e. The van der Waals surface area contributed by atoms with Gasteiger partial charge in [-0.05, 0) is 19.8 Å². The predicted molar refractivity (Wildman–Crippen MR) is 65.0 cm³/mol. The van der Waals surface area contributed by atoms with E-state index in [1.165, 1.54) is 25.7 Å². The average Bonchev–Trinajstić information content (AvgIpc) is 2.75. The average molecular weight is 241 g/mol. The first kappa shape index (κ1) is 11.1. The summed E-state index contributed by atoms with van der Waals surface area (Å²) >= 11 is 3.42. The Morgan fingerprint density at radius 1 is 1.47 bits per heavy atom. The van der Waals surface area contributed by atoms with Crippen molar-refractivity contribution < 1.29 is 4.79 Å². The Labute approximate surface area is 98.5 Å². The highest BCUT2D eigenvalue weighted by Crippen LogP contribution is 2.37. The number of carbonyl (C=O) groups is 1. The minimum atomic E-state index is 0.142. The van der Waals surface area contributed by atoms with Crippen molar-refractivity contribution in [2.45, 2.75) is 49.1 Å². The SMILES string of the molecule is CC(=O)c1sc(SC2CCCC2)nc1C. The van der Waals surface area contributed by atoms with Crippen molar-refractivity contribution in [3.05, 3.63) is 10.6 Å². The van der Waals surface area contributed by atoms with Gasteiger partial charge in [-0.3, -0.25) is 4.79 Å². The van der Waals surface area contributed by atoms with Gasteiger partial charge in [0.05, 0.1) is 10.6 Å². The number of rotatable bonds is 3. The molecular formula is C11H15NOS2. The molecule has 0 aromatic carbocycles. The van der Waals surface area contributed by atoms with Crippen molar-refractivity contribution in [3.8, 4) is 0 Å². The van der Waals surface area contributed by atoms with E-state index in [1.807, 2.05) is 18.7 Å². The second-order valence-electron chi connectivity index (χ2n) is 3.97. The lowest BCUT2D eigenvalue weighted by Crippen LogP contribution is -1.92. The van der Waals surface area contributed by atoms with Gasteiger partial charge in [0, 0.05) is 12.2 Å². The largest absolute Gasteiger partial charge is 0.294 e. The Morgan fingerprint density at radius 2 is 2.13 bits per heavy atom. The molecule has 0 bridgehead atoms. The van der Waals surface area contributed by atoms with E-state index in [9.17, 15) is 4.79 Å². The number of thioether (sulfide) groups is 1. The first-order valence-corrected chi connectivity index (χ1v) is 7.01. The van der Waals surface area contributed by atoms with Crippen LogP contribution in [0.3, 0.4) is 0 Å². The number of carbonyl (C=O) groups excluding carboxylic acids is 1. The van der Waals surface area contributed by atoms with E-state index < -0.39 is 0 Å². The Bertz CT molecular complexity index is 367. The smallest absolute Gasteiger partial charge is 0.171 e. The molecule has 1 aromatic rings. The summed E-state index contributed by atoms with van der Waals surface area (Å²) in [4.78, 5) is 16.6. The number of nitrogens with zero attached hydrogens (tertiary/aromatic N) is 1. The quantitative estimate of drug-likeness (QED) is 0.756. The molecule has 0 spiro atoms. The van der Waals surface area contributed by atoms with E-state index in [4.69, 9.17) is 0 Å². The van der Waals surface area contributed by atoms with Gasteiger partial charge in [0.15, 0.2) is 10.1 Å². The van der Waals surface area contributed by atoms with Crippen LogP contribution in [-0.2, 0) is 0 Å². The summed E-state index contributed by atoms with van der Waals surface area (Å²) in [6.07, 6.45) is 5.31. The van der Waals surface area contributed by atoms with Gasteiger partial charge in [0.1, 0.15) is 0 Å². The third-order valence-corrected chi connectivity index (χ3v) is 5.36. The van der Waals surface area contributed by atoms with Crippen LogP contribution in [0.2, 0.25) is 0 Å². The van der Waals surface area contributed by atoms with E-state index >= 15 is 0 Å². The van der Waals surface area contributed by atoms with Gasteiger partial charge in [0.25, 0.3) is 0 Å². The Hall–Kier alpha value is -0.350. The van der Waals surface area contributed by atoms with E-state index in [1.54, 1.807) is 18.3 Å². The van der Waals surface area contributed by atoms with Gasteiger partial charge in [-0.1, -0.05) is 24.6 Å². The molecule has 0 unspecified atom stereocenters. The molecular weight excluding hydrogens is 226 g/mol. The molecule has 4 heteroatoms. The number of hydrogen-bond acceptors (Lipinski definition) is 4. The summed E-state index contributed by atoms with van der Waals surface area (Å²) in [5.41, 5.74) is 0.896. The standard InChI is InChI=1S/C11H15NOS2/c1-7-10(8(2)13)15-11(12-7)14-9-5-3-4-6-9/h9H,3-6H2,1-2H3. The topological polar surface area (TPSA) is 30.0 Å². The highest BCUT2D eigenvalue weighted by atomic mass is 32.2. The molecule has 0 radical (unpaired) electrons. The monoisotopic (exact) mass is 241 g/mol. The molecule has 82 valence electrons. The summed E-state index contributed by atoms with van der Waals surface area (Å²) < 4.78 is 1.07. The van der Waals surface area contributed by atoms with E-state index in [0.29, 0.717) is 0 Å². The summed E-state index contributed by atoms with van der Waals surface area (Å²) in [7, 11) is 0. The molecule has 1 heterocycles. The van der Waals surface area contributed by atoms with Crippen molar-refractivity contribution in [1.29, 1.82) is 0 Å². The lowest BCUT2D eigenvalue weighted by molar-refractivity contribution is 0.102. The molecule has 1 aliphatic rings. The van der Waals surface area contributed by atoms with Crippen LogP contribution in [0, 0.1) is 6.92 Å². The third-order valence-electron chi connectivity index (χ3n) is 2.67. The van der Waals surface area contributed by atoms with Crippen molar-refractivity contribution in [3.63, 3.8) is 0 Å². The van der Waals surface area contributed by atoms with Gasteiger partial charge < -0.3 is 0 Å². The molecule has 15 heavy (non-hydrogen) atoms. The number of Topliss-reactive ketones (excluding diaryl/α,β-unsaturated/α-hetero) is 1. The fraction of sp³-hybridized carbons (Fsp3) is 0.636. The van der Waals surface area contributed by atoms with Crippen LogP contribution >= 0.6 is 23.1 Å². The zero-order valence-electron chi connectivity index (χ0n) is 9.08. The number of ketones is 1. The maximum atomic E-state index is 11.3. The molecule has 0 N–H and O–H groups in total. The van der Waals surface area contributed by atoms with E-state index in [-0.39, 0.29) is 5.78 Å². The Morgan fingerprint density at radius 3 is 2.67 bits per heavy atom. The maximum absolute atomic E-state index is 11.3. The van der Waals surface area contributed by atoms with Crippen molar-refractivity contribution in [1.82, 2.24) is 4.98 Å². The fourth-order valence-corrected chi connectivity index (χ4v) is 4.49. The summed E-state index contributed by atoms with van der Waals surface area (Å²) in [6, 6.07) is 0. The van der Waals surface area contributed by atoms with Gasteiger partial charge >= 0.3 is 0 Å². The third kappa shape index (κ3) is 2.61. The molecule has 1 aliphatic carbocycles. The predicted octanol–water partition coefficient (Wildman–Crippen LogP) is 3.69. The van der Waals surface area contributed by atoms with Gasteiger partial charge in [-0.15, -0.1) is 11.3 Å². The van der Waals surface area contributed by atoms with Crippen LogP contribution in [0.4, 0.5) is 0 Å². The van der Waals surface area contributed by atoms with Crippen molar-refractivity contribution >= 4 is 28.9 Å². The summed E-state index contributed by atoms with van der Waals surface area (Å²) in [6.45, 7) is 3.54. The summed E-state index contributed by atoms with van der Waals surface area (Å²) in [5.74, 6) is 0.142. The zero-order valence-corrected chi connectivity index (χ0v) is 10.7. The van der Waals surface area contributed by atoms with E-state index in [2.05, 4.69) is 4.98 Å². The van der Waals surface area contributed by atoms with Gasteiger partial charge in [0.2, 0.25) is 0 Å². The summed E-state index contributed by atoms with van der Waals surface area (Å²) in [5, 5.41) is 0.732. The highest BCUT2D eigenvalue weighted by Gasteiger charge is 2.19. The lowest BCUT2D eigenvalue weighted by atomic mass is 10.3. The fourth-order valence-electron chi connectivity index (χ4n) is 1.90. The molecule has 1 aromatic heterocycles. The number of aryl methyl sites for hydroxylation is 1. The van der Waals surface area contributed by atoms with Gasteiger partial charge in [-0.2, -0.15) is 0 Å². The minimum absolute atomic E-state index is 0.142. The number of thiazole rings is 1. The van der Waals surface area contributed by atoms with Crippen LogP contribution in [-0.4, -0.2) is 16.0 Å². The lowest BCUT2D eigenvalue weighted by Gasteiger charge is -2.03. The molecule has 1 saturated carbocycles. The van der Waals surface area contributed by atoms with Crippen LogP contribution < -0.4 is 0 Å². The Balaban J connectivity index is 2.08. The molecule has 0 saturated heterocycles. The van der Waals surface area contributed by atoms with Crippen molar-refractivity contribution in [2.24, 2.45) is 0 Å². The molecule has 1 fully saturated rings. The highest BCUT2D eigenvalue weighted by molar-refractivity contribution is 8.01. The molecule has 0 atom stereocenters. The van der Waals surface area contributed by atoms with Crippen LogP contribution in [0.25, 0.3) is 0 Å². The van der Waals surface area contributed by atoms with Crippen LogP contribution in [0.1, 0.15) is 48.0 Å². The molecule has 2 rings (SSSR count). The second kappa shape index (κ2) is 4.66. The molecule has 2 nitrogen and oxygen atoms in total. The van der Waals surface area contributed by atoms with E-state index in [0.717, 1.165) is 20.2 Å². The van der Waals surface area contributed by atoms with Crippen LogP contribution in [0.5, 0.6) is 0 Å². The van der Waals surface area contributed by atoms with Gasteiger partial charge in [-0.25, -0.2) is 4.98 Å². The molecule has 0 aliphatic heterocycles. The van der Waals surface area contributed by atoms with Crippen LogP contribution in [0.15, 0.2) is 4.34 Å². The minimum Gasteiger partial charge on any atom is -0.294 e. The normalized spacial score (nSPS) is 17.2. The molecule has 0 amide bonds. The first-order valence-electron chi connectivity index (χ1n) is 5.32. The van der Waals surface area contributed by atoms with Crippen molar-refractivity contribution in [2.75, 3.05) is 0 Å². The number of aromatic nitrogens is 1. The zero-order chi connectivity index (χ0) is 10.8.